The molecule has 8 heteroatoms. The lowest BCUT2D eigenvalue weighted by Crippen LogP contribution is -2.29. The second-order valence-corrected chi connectivity index (χ2v) is 8.60. The maximum Gasteiger partial charge on any atom is 0.295 e. The maximum absolute atomic E-state index is 13.4. The van der Waals surface area contributed by atoms with Gasteiger partial charge in [0.25, 0.3) is 11.7 Å². The molecule has 2 aliphatic rings. The molecule has 1 saturated heterocycles. The lowest BCUT2D eigenvalue weighted by molar-refractivity contribution is -0.140. The van der Waals surface area contributed by atoms with Gasteiger partial charge in [-0.3, -0.25) is 9.59 Å². The Morgan fingerprint density at radius 2 is 1.77 bits per heavy atom. The van der Waals surface area contributed by atoms with Crippen LogP contribution in [0.1, 0.15) is 22.7 Å². The third kappa shape index (κ3) is 4.07. The fourth-order valence-electron chi connectivity index (χ4n) is 4.49. The first-order chi connectivity index (χ1) is 16.8. The zero-order valence-corrected chi connectivity index (χ0v) is 18.9. The molecule has 0 saturated carbocycles. The van der Waals surface area contributed by atoms with Gasteiger partial charge in [0.15, 0.2) is 0 Å². The average molecular weight is 474 g/mol. The number of halogens is 1. The smallest absolute Gasteiger partial charge is 0.295 e. The van der Waals surface area contributed by atoms with Gasteiger partial charge in [-0.2, -0.15) is 0 Å². The van der Waals surface area contributed by atoms with Crippen molar-refractivity contribution < 1.29 is 28.9 Å². The summed E-state index contributed by atoms with van der Waals surface area (Å²) in [5.74, 6) is -1.60. The molecule has 0 aromatic heterocycles. The summed E-state index contributed by atoms with van der Waals surface area (Å²) in [4.78, 5) is 29.7. The van der Waals surface area contributed by atoms with Gasteiger partial charge in [-0.1, -0.05) is 24.3 Å². The SMILES string of the molecule is CN1CCOc2ccc(/C(O)=C3/C(=O)C(=O)N(Cc4ccc(F)cc4)C3c3ccc(O)cc3)cc21. The van der Waals surface area contributed by atoms with Crippen molar-refractivity contribution in [3.63, 3.8) is 0 Å². The number of Topliss-reactive ketones (excluding diaryl/α,β-unsaturated/α-hetero) is 1. The number of rotatable bonds is 4. The van der Waals surface area contributed by atoms with Crippen molar-refractivity contribution in [1.29, 1.82) is 0 Å². The zero-order chi connectivity index (χ0) is 24.7. The second kappa shape index (κ2) is 8.79. The molecule has 3 aromatic rings. The van der Waals surface area contributed by atoms with Crippen molar-refractivity contribution in [3.8, 4) is 11.5 Å². The van der Waals surface area contributed by atoms with Gasteiger partial charge in [-0.25, -0.2) is 4.39 Å². The summed E-state index contributed by atoms with van der Waals surface area (Å²) in [6.45, 7) is 1.25. The minimum absolute atomic E-state index is 0.0296. The van der Waals surface area contributed by atoms with Gasteiger partial charge >= 0.3 is 0 Å². The summed E-state index contributed by atoms with van der Waals surface area (Å²) >= 11 is 0. The predicted octanol–water partition coefficient (Wildman–Crippen LogP) is 3.98. The lowest BCUT2D eigenvalue weighted by atomic mass is 9.94. The molecule has 0 bridgehead atoms. The Labute approximate surface area is 201 Å². The van der Waals surface area contributed by atoms with Gasteiger partial charge in [0.2, 0.25) is 0 Å². The fraction of sp³-hybridized carbons (Fsp3) is 0.185. The molecule has 0 aliphatic carbocycles. The topological polar surface area (TPSA) is 90.3 Å². The summed E-state index contributed by atoms with van der Waals surface area (Å²) in [7, 11) is 1.91. The van der Waals surface area contributed by atoms with Gasteiger partial charge in [0.1, 0.15) is 29.7 Å². The van der Waals surface area contributed by atoms with Crippen LogP contribution in [0.15, 0.2) is 72.3 Å². The van der Waals surface area contributed by atoms with Gasteiger partial charge in [0.05, 0.1) is 23.8 Å². The Morgan fingerprint density at radius 3 is 2.49 bits per heavy atom. The Bertz CT molecular complexity index is 1330. The minimum atomic E-state index is -0.898. The van der Waals surface area contributed by atoms with E-state index in [1.165, 1.54) is 29.2 Å². The number of phenolic OH excluding ortho intramolecular Hbond substituents is 1. The molecular formula is C27H23FN2O5. The summed E-state index contributed by atoms with van der Waals surface area (Å²) in [5, 5.41) is 21.1. The normalized spacial score (nSPS) is 19.0. The minimum Gasteiger partial charge on any atom is -0.508 e. The number of likely N-dealkylation sites (tertiary alicyclic amines) is 1. The van der Waals surface area contributed by atoms with E-state index in [2.05, 4.69) is 0 Å². The number of hydrogen-bond donors (Lipinski definition) is 2. The number of anilines is 1. The van der Waals surface area contributed by atoms with E-state index in [1.807, 2.05) is 11.9 Å². The molecule has 1 amide bonds. The Balaban J connectivity index is 1.63. The molecule has 7 nitrogen and oxygen atoms in total. The number of fused-ring (bicyclic) bond motifs is 1. The fourth-order valence-corrected chi connectivity index (χ4v) is 4.49. The Kier molecular flexibility index (Phi) is 5.64. The Morgan fingerprint density at radius 1 is 1.06 bits per heavy atom. The molecule has 2 aliphatic heterocycles. The molecule has 1 unspecified atom stereocenters. The molecule has 3 aromatic carbocycles. The molecular weight excluding hydrogens is 451 g/mol. The van der Waals surface area contributed by atoms with E-state index in [-0.39, 0.29) is 23.6 Å². The van der Waals surface area contributed by atoms with E-state index in [1.54, 1.807) is 42.5 Å². The third-order valence-electron chi connectivity index (χ3n) is 6.34. The van der Waals surface area contributed by atoms with Crippen LogP contribution in [0.3, 0.4) is 0 Å². The summed E-state index contributed by atoms with van der Waals surface area (Å²) in [6.07, 6.45) is 0. The highest BCUT2D eigenvalue weighted by molar-refractivity contribution is 6.46. The number of ketones is 1. The van der Waals surface area contributed by atoms with E-state index >= 15 is 0 Å². The number of aromatic hydroxyl groups is 1. The van der Waals surface area contributed by atoms with E-state index in [4.69, 9.17) is 4.74 Å². The number of aliphatic hydroxyl groups excluding tert-OH is 1. The molecule has 0 spiro atoms. The first kappa shape index (κ1) is 22.5. The highest BCUT2D eigenvalue weighted by atomic mass is 19.1. The summed E-state index contributed by atoms with van der Waals surface area (Å²) in [6, 6.07) is 16.0. The molecule has 0 radical (unpaired) electrons. The predicted molar refractivity (Wildman–Crippen MR) is 128 cm³/mol. The number of carbonyl (C=O) groups is 2. The first-order valence-electron chi connectivity index (χ1n) is 11.1. The monoisotopic (exact) mass is 474 g/mol. The number of phenols is 1. The van der Waals surface area contributed by atoms with Crippen LogP contribution in [0.25, 0.3) is 5.76 Å². The number of carbonyl (C=O) groups excluding carboxylic acids is 2. The standard InChI is InChI=1S/C27H23FN2O5/c1-29-12-13-35-22-11-6-18(14-21(22)29)25(32)23-24(17-4-9-20(31)10-5-17)30(27(34)26(23)33)15-16-2-7-19(28)8-3-16/h2-11,14,24,31-32H,12-13,15H2,1H3/b25-23-. The number of nitrogens with zero attached hydrogens (tertiary/aromatic N) is 2. The van der Waals surface area contributed by atoms with Crippen LogP contribution < -0.4 is 9.64 Å². The highest BCUT2D eigenvalue weighted by Crippen LogP contribution is 2.42. The maximum atomic E-state index is 13.4. The summed E-state index contributed by atoms with van der Waals surface area (Å²) < 4.78 is 19.1. The van der Waals surface area contributed by atoms with Crippen LogP contribution in [0.2, 0.25) is 0 Å². The number of hydrogen-bond acceptors (Lipinski definition) is 6. The third-order valence-corrected chi connectivity index (χ3v) is 6.34. The average Bonchev–Trinajstić information content (AvgIpc) is 3.10. The van der Waals surface area contributed by atoms with E-state index in [0.29, 0.717) is 35.6 Å². The quantitative estimate of drug-likeness (QED) is 0.338. The van der Waals surface area contributed by atoms with Crippen LogP contribution in [0.5, 0.6) is 11.5 Å². The number of likely N-dealkylation sites (N-methyl/N-ethyl adjacent to an activating group) is 1. The summed E-state index contributed by atoms with van der Waals surface area (Å²) in [5.41, 5.74) is 2.27. The van der Waals surface area contributed by atoms with Crippen LogP contribution in [-0.2, 0) is 16.1 Å². The Hall–Kier alpha value is -4.33. The van der Waals surface area contributed by atoms with E-state index in [0.717, 1.165) is 5.69 Å². The van der Waals surface area contributed by atoms with Gasteiger partial charge in [-0.05, 0) is 53.6 Å². The van der Waals surface area contributed by atoms with E-state index < -0.39 is 23.5 Å². The zero-order valence-electron chi connectivity index (χ0n) is 18.9. The van der Waals surface area contributed by atoms with Gasteiger partial charge < -0.3 is 24.7 Å². The largest absolute Gasteiger partial charge is 0.508 e. The van der Waals surface area contributed by atoms with Crippen LogP contribution in [-0.4, -0.2) is 47.0 Å². The molecule has 1 atom stereocenters. The first-order valence-corrected chi connectivity index (χ1v) is 11.1. The molecule has 178 valence electrons. The number of aliphatic hydroxyl groups is 1. The van der Waals surface area contributed by atoms with Gasteiger partial charge in [-0.15, -0.1) is 0 Å². The van der Waals surface area contributed by atoms with Crippen molar-refractivity contribution in [2.75, 3.05) is 25.1 Å². The van der Waals surface area contributed by atoms with Crippen LogP contribution in [0, 0.1) is 5.82 Å². The second-order valence-electron chi connectivity index (χ2n) is 8.60. The van der Waals surface area contributed by atoms with E-state index in [9.17, 15) is 24.2 Å². The lowest BCUT2D eigenvalue weighted by Gasteiger charge is -2.28. The van der Waals surface area contributed by atoms with Crippen molar-refractivity contribution in [2.24, 2.45) is 0 Å². The number of ether oxygens (including phenoxy) is 1. The van der Waals surface area contributed by atoms with Gasteiger partial charge in [0, 0.05) is 19.2 Å². The van der Waals surface area contributed by atoms with Crippen molar-refractivity contribution in [2.45, 2.75) is 12.6 Å². The van der Waals surface area contributed by atoms with Crippen molar-refractivity contribution >= 4 is 23.1 Å². The molecule has 2 N–H and O–H groups in total. The molecule has 1 fully saturated rings. The number of benzene rings is 3. The van der Waals surface area contributed by atoms with Crippen molar-refractivity contribution in [1.82, 2.24) is 4.90 Å². The van der Waals surface area contributed by atoms with Crippen LogP contribution >= 0.6 is 0 Å². The highest BCUT2D eigenvalue weighted by Gasteiger charge is 2.46. The number of amides is 1. The molecule has 35 heavy (non-hydrogen) atoms. The van der Waals surface area contributed by atoms with Crippen LogP contribution in [0.4, 0.5) is 10.1 Å². The molecule has 2 heterocycles. The molecule has 5 rings (SSSR count). The van der Waals surface area contributed by atoms with Crippen molar-refractivity contribution in [3.05, 3.63) is 94.8 Å².